The predicted molar refractivity (Wildman–Crippen MR) is 193 cm³/mol. The summed E-state index contributed by atoms with van der Waals surface area (Å²) in [5.74, 6) is -8.53. The Morgan fingerprint density at radius 1 is 1.14 bits per heavy atom. The third kappa shape index (κ3) is 11.3. The van der Waals surface area contributed by atoms with Crippen LogP contribution >= 0.6 is 0 Å². The number of carboxylic acid groups (broad SMARTS) is 1. The van der Waals surface area contributed by atoms with Gasteiger partial charge in [-0.1, -0.05) is 18.2 Å². The highest BCUT2D eigenvalue weighted by Gasteiger charge is 2.57. The van der Waals surface area contributed by atoms with Crippen molar-refractivity contribution in [1.29, 1.82) is 0 Å². The largest absolute Gasteiger partial charge is 0.550 e. The van der Waals surface area contributed by atoms with Crippen LogP contribution in [-0.4, -0.2) is 161 Å². The molecule has 13 unspecified atom stereocenters. The van der Waals surface area contributed by atoms with E-state index in [1.54, 1.807) is 26.0 Å². The van der Waals surface area contributed by atoms with E-state index in [0.717, 1.165) is 11.2 Å². The summed E-state index contributed by atoms with van der Waals surface area (Å²) < 4.78 is 29.5. The molecule has 0 bridgehead atoms. The third-order valence-corrected chi connectivity index (χ3v) is 10.8. The second-order valence-corrected chi connectivity index (χ2v) is 15.1. The number of piperidine rings is 1. The van der Waals surface area contributed by atoms with Crippen molar-refractivity contribution in [3.63, 3.8) is 0 Å². The maximum atomic E-state index is 13.9. The number of aliphatic imine (C=N–C) groups is 1. The number of rotatable bonds is 18. The zero-order valence-corrected chi connectivity index (χ0v) is 31.9. The number of carbonyl (C=O) groups excluding carboxylic acids is 2. The van der Waals surface area contributed by atoms with Crippen LogP contribution in [0.1, 0.15) is 39.5 Å². The van der Waals surface area contributed by atoms with Crippen LogP contribution in [-0.2, 0) is 33.3 Å². The molecule has 1 aliphatic carbocycles. The molecule has 19 heteroatoms. The van der Waals surface area contributed by atoms with Gasteiger partial charge in [0.15, 0.2) is 18.4 Å². The number of nitrogens with zero attached hydrogens (tertiary/aromatic N) is 1. The number of guanidine groups is 1. The second-order valence-electron chi connectivity index (χ2n) is 15.1. The van der Waals surface area contributed by atoms with Crippen LogP contribution in [0, 0.1) is 29.6 Å². The number of hydrogen-bond donors (Lipinski definition) is 10. The lowest BCUT2D eigenvalue weighted by molar-refractivity contribution is -0.911. The maximum absolute atomic E-state index is 13.9. The van der Waals surface area contributed by atoms with Crippen molar-refractivity contribution < 1.29 is 79.0 Å². The van der Waals surface area contributed by atoms with Gasteiger partial charge in [0.05, 0.1) is 68.1 Å². The number of hydrogen-bond acceptors (Lipinski definition) is 16. The van der Waals surface area contributed by atoms with Gasteiger partial charge >= 0.3 is 5.97 Å². The molecule has 56 heavy (non-hydrogen) atoms. The molecule has 0 aromatic heterocycles. The number of quaternary nitrogens is 1. The fraction of sp³-hybridized carbons (Fsp3) is 0.757. The molecule has 0 amide bonds. The fourth-order valence-electron chi connectivity index (χ4n) is 7.82. The standard InChI is InChI=1S/C37H60N4O15/c1-4-24-25(9-7-22-15-41(11-13-43)16-26(32(47)48)29(22)40-36(38)39-10-5-12-42)27(33(49)54-23-8-6-21(14-23)17-44)19-52-34(24)56-35-31(53-20(2)3)37(50,51)30(46)28(18-45)55-35/h4,7,9,19-26,28-31,34-35,42-46,50-51H,1,5-6,8,10-18H2,2-3H3,(H,47,48)(H3,38,39,40). The Balaban J connectivity index is 1.72. The molecule has 4 aliphatic rings. The zero-order chi connectivity index (χ0) is 41.2. The lowest BCUT2D eigenvalue weighted by atomic mass is 9.79. The van der Waals surface area contributed by atoms with E-state index in [-0.39, 0.29) is 56.9 Å². The topological polar surface area (TPSA) is 300 Å². The summed E-state index contributed by atoms with van der Waals surface area (Å²) in [6.45, 7) is 6.93. The first-order chi connectivity index (χ1) is 26.7. The summed E-state index contributed by atoms with van der Waals surface area (Å²) in [6.07, 6.45) is -1.15. The lowest BCUT2D eigenvalue weighted by Crippen LogP contribution is -3.16. The predicted octanol–water partition coefficient (Wildman–Crippen LogP) is -5.00. The fourth-order valence-corrected chi connectivity index (χ4v) is 7.82. The van der Waals surface area contributed by atoms with E-state index in [1.165, 1.54) is 6.08 Å². The first-order valence-electron chi connectivity index (χ1n) is 19.2. The Bertz CT molecular complexity index is 1400. The average Bonchev–Trinajstić information content (AvgIpc) is 3.61. The number of nitrogens with one attached hydrogen (secondary N) is 2. The minimum absolute atomic E-state index is 0.0156. The van der Waals surface area contributed by atoms with Gasteiger partial charge in [-0.05, 0) is 45.4 Å². The molecule has 1 saturated carbocycles. The van der Waals surface area contributed by atoms with E-state index >= 15 is 0 Å². The van der Waals surface area contributed by atoms with Crippen LogP contribution in [0.5, 0.6) is 0 Å². The van der Waals surface area contributed by atoms with E-state index in [9.17, 15) is 50.4 Å². The summed E-state index contributed by atoms with van der Waals surface area (Å²) in [4.78, 5) is 31.3. The van der Waals surface area contributed by atoms with E-state index in [1.807, 2.05) is 0 Å². The van der Waals surface area contributed by atoms with Gasteiger partial charge in [-0.3, -0.25) is 4.99 Å². The van der Waals surface area contributed by atoms with Crippen molar-refractivity contribution in [1.82, 2.24) is 5.32 Å². The maximum Gasteiger partial charge on any atom is 0.338 e. The molecule has 0 aromatic rings. The number of carboxylic acids is 1. The van der Waals surface area contributed by atoms with E-state index in [4.69, 9.17) is 29.4 Å². The van der Waals surface area contributed by atoms with Crippen molar-refractivity contribution in [2.45, 2.75) is 94.5 Å². The number of aliphatic carboxylic acids is 1. The molecule has 3 heterocycles. The monoisotopic (exact) mass is 800 g/mol. The molecule has 13 atom stereocenters. The van der Waals surface area contributed by atoms with Gasteiger partial charge in [0.2, 0.25) is 12.1 Å². The molecule has 318 valence electrons. The van der Waals surface area contributed by atoms with E-state index in [2.05, 4.69) is 16.9 Å². The summed E-state index contributed by atoms with van der Waals surface area (Å²) in [5.41, 5.74) is 6.21. The molecule has 19 nitrogen and oxygen atoms in total. The van der Waals surface area contributed by atoms with Gasteiger partial charge in [0, 0.05) is 31.6 Å². The minimum Gasteiger partial charge on any atom is -0.550 e. The lowest BCUT2D eigenvalue weighted by Gasteiger charge is -2.48. The highest BCUT2D eigenvalue weighted by molar-refractivity contribution is 5.89. The van der Waals surface area contributed by atoms with Crippen LogP contribution in [0.2, 0.25) is 0 Å². The summed E-state index contributed by atoms with van der Waals surface area (Å²) >= 11 is 0. The molecular formula is C37H60N4O15. The van der Waals surface area contributed by atoms with Crippen LogP contribution in [0.4, 0.5) is 0 Å². The molecule has 0 spiro atoms. The van der Waals surface area contributed by atoms with Gasteiger partial charge in [-0.2, -0.15) is 0 Å². The highest BCUT2D eigenvalue weighted by atomic mass is 16.8. The van der Waals surface area contributed by atoms with E-state index < -0.39 is 97.1 Å². The van der Waals surface area contributed by atoms with Crippen molar-refractivity contribution in [2.24, 2.45) is 40.3 Å². The first-order valence-corrected chi connectivity index (χ1v) is 19.2. The van der Waals surface area contributed by atoms with Gasteiger partial charge in [0.1, 0.15) is 24.9 Å². The molecule has 4 rings (SSSR count). The molecule has 2 saturated heterocycles. The summed E-state index contributed by atoms with van der Waals surface area (Å²) in [5, 5.41) is 86.5. The number of carbonyl (C=O) groups is 2. The van der Waals surface area contributed by atoms with Crippen molar-refractivity contribution in [3.05, 3.63) is 36.6 Å². The Kier molecular flexibility index (Phi) is 17.0. The molecular weight excluding hydrogens is 740 g/mol. The van der Waals surface area contributed by atoms with Crippen LogP contribution < -0.4 is 21.1 Å². The van der Waals surface area contributed by atoms with Gasteiger partial charge in [0.25, 0.3) is 0 Å². The van der Waals surface area contributed by atoms with Crippen molar-refractivity contribution in [3.8, 4) is 0 Å². The molecule has 0 aromatic carbocycles. The Morgan fingerprint density at radius 3 is 2.50 bits per heavy atom. The quantitative estimate of drug-likeness (QED) is 0.0155. The normalized spacial score (nSPS) is 36.2. The Hall–Kier alpha value is -3.21. The van der Waals surface area contributed by atoms with Gasteiger partial charge in [-0.15, -0.1) is 6.58 Å². The zero-order valence-electron chi connectivity index (χ0n) is 31.9. The number of allylic oxidation sites excluding steroid dienone is 1. The summed E-state index contributed by atoms with van der Waals surface area (Å²) in [6, 6.07) is -0.840. The van der Waals surface area contributed by atoms with Crippen molar-refractivity contribution >= 4 is 17.9 Å². The van der Waals surface area contributed by atoms with Gasteiger partial charge in [-0.25, -0.2) is 4.79 Å². The number of likely N-dealkylation sites (tertiary alicyclic amines) is 1. The molecule has 11 N–H and O–H groups in total. The minimum atomic E-state index is -2.93. The highest BCUT2D eigenvalue weighted by Crippen LogP contribution is 2.39. The summed E-state index contributed by atoms with van der Waals surface area (Å²) in [7, 11) is 0. The second kappa shape index (κ2) is 21.0. The van der Waals surface area contributed by atoms with Crippen LogP contribution in [0.15, 0.2) is 41.6 Å². The molecule has 3 fully saturated rings. The number of nitrogens with two attached hydrogens (primary N) is 1. The number of esters is 1. The number of aliphatic hydroxyl groups excluding tert-OH is 5. The molecule has 0 radical (unpaired) electrons. The average molecular weight is 801 g/mol. The van der Waals surface area contributed by atoms with Gasteiger partial charge < -0.3 is 85.3 Å². The Labute approximate surface area is 326 Å². The van der Waals surface area contributed by atoms with Crippen LogP contribution in [0.25, 0.3) is 0 Å². The molecule has 3 aliphatic heterocycles. The Morgan fingerprint density at radius 2 is 1.89 bits per heavy atom. The number of aliphatic hydroxyl groups is 7. The number of ether oxygens (including phenoxy) is 5. The van der Waals surface area contributed by atoms with Crippen LogP contribution in [0.3, 0.4) is 0 Å². The van der Waals surface area contributed by atoms with Crippen molar-refractivity contribution in [2.75, 3.05) is 52.6 Å². The smallest absolute Gasteiger partial charge is 0.338 e. The third-order valence-electron chi connectivity index (χ3n) is 10.8. The SMILES string of the molecule is C=CC1C(OC2OC(CO)C(O)C(O)(O)C2OC(C)C)OC=C(C(=O)OC2CCC(CO)C2)C1C=CC1C[NH+](CCO)CC(C(=O)[O-])C1NC(N)=NCCCO. The first kappa shape index (κ1) is 45.5. The van der Waals surface area contributed by atoms with E-state index in [0.29, 0.717) is 32.2 Å².